The van der Waals surface area contributed by atoms with Gasteiger partial charge in [-0.25, -0.2) is 0 Å². The summed E-state index contributed by atoms with van der Waals surface area (Å²) in [6, 6.07) is 14.3. The smallest absolute Gasteiger partial charge is 0.352 e. The van der Waals surface area contributed by atoms with Gasteiger partial charge in [0.1, 0.15) is 6.54 Å². The highest BCUT2D eigenvalue weighted by Crippen LogP contribution is 2.41. The molecule has 8 nitrogen and oxygen atoms in total. The molecule has 0 unspecified atom stereocenters. The number of aliphatic carboxylic acids is 1. The lowest BCUT2D eigenvalue weighted by atomic mass is 9.82. The second kappa shape index (κ2) is 12.3. The Morgan fingerprint density at radius 3 is 2.11 bits per heavy atom. The van der Waals surface area contributed by atoms with Gasteiger partial charge in [-0.3, -0.25) is 20.3 Å². The molecule has 0 bridgehead atoms. The molecule has 2 aromatic rings. The molecule has 1 aliphatic carbocycles. The van der Waals surface area contributed by atoms with Gasteiger partial charge in [0.05, 0.1) is 0 Å². The molecule has 2 amide bonds. The molecule has 45 heavy (non-hydrogen) atoms. The van der Waals surface area contributed by atoms with Crippen molar-refractivity contribution in [1.82, 2.24) is 9.80 Å². The third-order valence-electron chi connectivity index (χ3n) is 9.12. The van der Waals surface area contributed by atoms with Gasteiger partial charge < -0.3 is 14.8 Å². The van der Waals surface area contributed by atoms with Crippen molar-refractivity contribution in [2.24, 2.45) is 22.5 Å². The number of guanidine groups is 1. The Morgan fingerprint density at radius 1 is 1.02 bits per heavy atom. The number of amides is 2. The fourth-order valence-corrected chi connectivity index (χ4v) is 6.04. The summed E-state index contributed by atoms with van der Waals surface area (Å²) in [5, 5.41) is 9.91. The van der Waals surface area contributed by atoms with Crippen molar-refractivity contribution >= 4 is 23.7 Å². The summed E-state index contributed by atoms with van der Waals surface area (Å²) in [5.74, 6) is -0.0361. The maximum absolute atomic E-state index is 14.1. The number of nitrogens with one attached hydrogen (secondary N) is 1. The zero-order valence-corrected chi connectivity index (χ0v) is 28.7. The fourth-order valence-electron chi connectivity index (χ4n) is 6.04. The molecular weight excluding hydrogens is 564 g/mol. The van der Waals surface area contributed by atoms with Crippen molar-refractivity contribution in [3.8, 4) is 0 Å². The van der Waals surface area contributed by atoms with Crippen LogP contribution in [0.5, 0.6) is 0 Å². The summed E-state index contributed by atoms with van der Waals surface area (Å²) in [4.78, 5) is 44.8. The number of carbonyl (C=O) groups is 3. The van der Waals surface area contributed by atoms with E-state index in [1.807, 2.05) is 29.2 Å². The van der Waals surface area contributed by atoms with Gasteiger partial charge in [0, 0.05) is 42.0 Å². The highest BCUT2D eigenvalue weighted by molar-refractivity contribution is 6.02. The second-order valence-corrected chi connectivity index (χ2v) is 16.1. The summed E-state index contributed by atoms with van der Waals surface area (Å²) < 4.78 is 0. The van der Waals surface area contributed by atoms with Crippen LogP contribution in [0.1, 0.15) is 114 Å². The van der Waals surface area contributed by atoms with Gasteiger partial charge >= 0.3 is 11.9 Å². The number of rotatable bonds is 6. The zero-order valence-electron chi connectivity index (χ0n) is 28.7. The predicted octanol–water partition coefficient (Wildman–Crippen LogP) is 3.38. The maximum Gasteiger partial charge on any atom is 0.352 e. The number of carboxylic acids is 1. The molecule has 1 atom stereocenters. The number of carbonyl (C=O) groups excluding carboxylic acids is 3. The minimum Gasteiger partial charge on any atom is -0.550 e. The van der Waals surface area contributed by atoms with Gasteiger partial charge in [-0.15, -0.1) is 0 Å². The lowest BCUT2D eigenvalue weighted by Gasteiger charge is -2.27. The van der Waals surface area contributed by atoms with E-state index < -0.39 is 16.9 Å². The van der Waals surface area contributed by atoms with Gasteiger partial charge in [0.25, 0.3) is 5.91 Å². The summed E-state index contributed by atoms with van der Waals surface area (Å²) >= 11 is 0. The van der Waals surface area contributed by atoms with Gasteiger partial charge in [-0.1, -0.05) is 110 Å². The minimum absolute atomic E-state index is 0.0141. The van der Waals surface area contributed by atoms with Crippen molar-refractivity contribution in [3.63, 3.8) is 0 Å². The van der Waals surface area contributed by atoms with E-state index >= 15 is 0 Å². The third-order valence-corrected chi connectivity index (χ3v) is 9.12. The molecule has 0 spiro atoms. The van der Waals surface area contributed by atoms with Crippen LogP contribution < -0.4 is 15.8 Å². The van der Waals surface area contributed by atoms with Crippen LogP contribution in [0.2, 0.25) is 0 Å². The molecule has 2 aromatic carbocycles. The summed E-state index contributed by atoms with van der Waals surface area (Å²) in [5.41, 5.74) is 9.72. The first-order valence-electron chi connectivity index (χ1n) is 16.2. The first-order chi connectivity index (χ1) is 20.7. The topological polar surface area (TPSA) is 121 Å². The monoisotopic (exact) mass is 616 g/mol. The van der Waals surface area contributed by atoms with Crippen molar-refractivity contribution in [1.29, 1.82) is 0 Å². The van der Waals surface area contributed by atoms with Crippen LogP contribution in [-0.4, -0.2) is 46.6 Å². The summed E-state index contributed by atoms with van der Waals surface area (Å²) in [6.45, 7) is 19.6. The van der Waals surface area contributed by atoms with E-state index in [2.05, 4.69) is 64.7 Å². The minimum atomic E-state index is -1.01. The molecule has 0 aromatic heterocycles. The van der Waals surface area contributed by atoms with E-state index in [-0.39, 0.29) is 22.6 Å². The quantitative estimate of drug-likeness (QED) is 0.516. The first kappa shape index (κ1) is 34.2. The molecule has 8 heteroatoms. The molecule has 2 fully saturated rings. The Labute approximate surface area is 269 Å². The molecule has 0 radical (unpaired) electrons. The van der Waals surface area contributed by atoms with Crippen molar-refractivity contribution in [2.75, 3.05) is 13.1 Å². The van der Waals surface area contributed by atoms with E-state index in [1.165, 1.54) is 0 Å². The van der Waals surface area contributed by atoms with E-state index in [4.69, 9.17) is 5.73 Å². The van der Waals surface area contributed by atoms with Crippen molar-refractivity contribution in [2.45, 2.75) is 105 Å². The molecule has 5 rings (SSSR count). The zero-order chi connectivity index (χ0) is 33.5. The largest absolute Gasteiger partial charge is 0.550 e. The molecule has 3 N–H and O–H groups in total. The Kier molecular flexibility index (Phi) is 9.31. The van der Waals surface area contributed by atoms with E-state index in [0.29, 0.717) is 18.4 Å². The predicted molar refractivity (Wildman–Crippen MR) is 175 cm³/mol. The molecule has 244 valence electrons. The van der Waals surface area contributed by atoms with Crippen LogP contribution in [0.3, 0.4) is 0 Å². The lowest BCUT2D eigenvalue weighted by molar-refractivity contribution is -0.541. The highest BCUT2D eigenvalue weighted by Gasteiger charge is 2.55. The van der Waals surface area contributed by atoms with E-state index in [9.17, 15) is 19.5 Å². The number of aryl methyl sites for hydroxylation is 1. The number of hydrogen-bond donors (Lipinski definition) is 2. The second-order valence-electron chi connectivity index (χ2n) is 16.1. The SMILES string of the molecule is CC(C)(C)C(=O)[O-].Cc1ccc([C@@]2(CC3CC3)[NH+]=C(N)N(Cc3ccc(C(C)(C)C)c(C(=O)N4CCC(C)(C)C4)c3)C2=O)cc1. The first-order valence-corrected chi connectivity index (χ1v) is 16.2. The Hall–Kier alpha value is -3.68. The van der Waals surface area contributed by atoms with Gasteiger partial charge in [-0.2, -0.15) is 4.90 Å². The summed E-state index contributed by atoms with van der Waals surface area (Å²) in [7, 11) is 0. The van der Waals surface area contributed by atoms with E-state index in [1.54, 1.807) is 25.7 Å². The molecule has 3 aliphatic rings. The molecule has 1 saturated heterocycles. The van der Waals surface area contributed by atoms with Gasteiger partial charge in [-0.05, 0) is 47.3 Å². The fraction of sp³-hybridized carbons (Fsp3) is 0.568. The van der Waals surface area contributed by atoms with E-state index in [0.717, 1.165) is 66.6 Å². The summed E-state index contributed by atoms with van der Waals surface area (Å²) in [6.07, 6.45) is 4.04. The molecule has 1 saturated carbocycles. The number of nitrogens with zero attached hydrogens (tertiary/aromatic N) is 2. The third kappa shape index (κ3) is 7.77. The van der Waals surface area contributed by atoms with Crippen molar-refractivity contribution < 1.29 is 24.5 Å². The normalized spacial score (nSPS) is 21.4. The van der Waals surface area contributed by atoms with Gasteiger partial charge in [0.15, 0.2) is 0 Å². The Balaban J connectivity index is 0.000000591. The van der Waals surface area contributed by atoms with Gasteiger partial charge in [0.2, 0.25) is 5.54 Å². The molecule has 2 aliphatic heterocycles. The Morgan fingerprint density at radius 2 is 1.62 bits per heavy atom. The molecular formula is C37H52N4O4. The van der Waals surface area contributed by atoms with Crippen LogP contribution in [-0.2, 0) is 27.1 Å². The van der Waals surface area contributed by atoms with Crippen LogP contribution in [0.4, 0.5) is 0 Å². The average Bonchev–Trinajstić information content (AvgIpc) is 3.63. The Bertz CT molecular complexity index is 1480. The number of hydrogen-bond acceptors (Lipinski definition) is 5. The van der Waals surface area contributed by atoms with Crippen LogP contribution in [0.25, 0.3) is 0 Å². The number of carboxylic acid groups (broad SMARTS) is 1. The molecule has 2 heterocycles. The van der Waals surface area contributed by atoms with Crippen molar-refractivity contribution in [3.05, 3.63) is 70.3 Å². The number of nitrogens with two attached hydrogens (primary N) is 1. The maximum atomic E-state index is 14.1. The van der Waals surface area contributed by atoms with Crippen LogP contribution >= 0.6 is 0 Å². The highest BCUT2D eigenvalue weighted by atomic mass is 16.4. The average molecular weight is 617 g/mol. The number of likely N-dealkylation sites (tertiary alicyclic amines) is 1. The van der Waals surface area contributed by atoms with Crippen LogP contribution in [0, 0.1) is 23.7 Å². The van der Waals surface area contributed by atoms with Crippen LogP contribution in [0.15, 0.2) is 42.5 Å². The standard InChI is InChI=1S/C32H42N4O2.C5H10O2/c1-21-7-12-24(13-8-21)32(18-22-9-10-22)28(38)36(29(33)34-32)19-23-11-14-26(30(2,3)4)25(17-23)27(37)35-16-15-31(5,6)20-35;1-5(2,3)4(6)7/h7-8,11-14,17,22H,9-10,15-16,18-20H2,1-6H3,(H2,33,34);1-3H3,(H,6,7)/t32-;/m1./s1. The number of benzene rings is 2. The lowest BCUT2D eigenvalue weighted by Crippen LogP contribution is -2.85.